The van der Waals surface area contributed by atoms with Crippen LogP contribution in [0.5, 0.6) is 0 Å². The van der Waals surface area contributed by atoms with Crippen molar-refractivity contribution in [2.24, 2.45) is 17.3 Å². The van der Waals surface area contributed by atoms with Crippen molar-refractivity contribution in [3.8, 4) is 0 Å². The molecule has 150 valence electrons. The van der Waals surface area contributed by atoms with Gasteiger partial charge in [0.05, 0.1) is 6.10 Å². The minimum absolute atomic E-state index is 0.0792. The zero-order valence-electron chi connectivity index (χ0n) is 17.0. The molecule has 0 bridgehead atoms. The van der Waals surface area contributed by atoms with E-state index in [1.807, 2.05) is 27.7 Å². The van der Waals surface area contributed by atoms with E-state index in [1.54, 1.807) is 26.2 Å². The molecule has 0 N–H and O–H groups in total. The smallest absolute Gasteiger partial charge is 0.318 e. The van der Waals surface area contributed by atoms with Gasteiger partial charge in [0.1, 0.15) is 17.3 Å². The molecule has 0 amide bonds. The van der Waals surface area contributed by atoms with Gasteiger partial charge in [0.2, 0.25) is 5.78 Å². The number of methoxy groups -OCH3 is 1. The van der Waals surface area contributed by atoms with Gasteiger partial charge in [0.15, 0.2) is 11.4 Å². The van der Waals surface area contributed by atoms with Gasteiger partial charge >= 0.3 is 5.97 Å². The number of hydrogen-bond acceptors (Lipinski definition) is 6. The molecule has 3 rings (SSSR count). The SMILES string of the molecule is C=C[C@H]1OC(=O)[C@@]2(C)[C@@H]1[C@H](CC1(C)OC(CC)=CC1=O)O[C@]2(OC)C(C)C. The predicted molar refractivity (Wildman–Crippen MR) is 98.6 cm³/mol. The lowest BCUT2D eigenvalue weighted by molar-refractivity contribution is -0.279. The number of allylic oxidation sites excluding steroid dienone is 1. The van der Waals surface area contributed by atoms with Gasteiger partial charge < -0.3 is 18.9 Å². The fourth-order valence-corrected chi connectivity index (χ4v) is 5.13. The summed E-state index contributed by atoms with van der Waals surface area (Å²) in [4.78, 5) is 25.5. The van der Waals surface area contributed by atoms with Crippen molar-refractivity contribution in [3.63, 3.8) is 0 Å². The third kappa shape index (κ3) is 2.53. The zero-order valence-corrected chi connectivity index (χ0v) is 17.0. The quantitative estimate of drug-likeness (QED) is 0.522. The molecule has 3 aliphatic rings. The van der Waals surface area contributed by atoms with Gasteiger partial charge in [0.25, 0.3) is 0 Å². The standard InChI is InChI=1S/C21H30O6/c1-8-13-10-16(22)19(5,26-13)11-15-17-14(9-2)25-18(23)20(17,6)21(24-7,27-15)12(3)4/h9-10,12,14-15,17H,2,8,11H2,1,3-7H3/t14-,15+,17+,19?,20-,21-/m1/s1. The summed E-state index contributed by atoms with van der Waals surface area (Å²) >= 11 is 0. The van der Waals surface area contributed by atoms with E-state index < -0.39 is 29.0 Å². The highest BCUT2D eigenvalue weighted by atomic mass is 16.7. The Hall–Kier alpha value is -1.66. The molecule has 0 aromatic rings. The highest BCUT2D eigenvalue weighted by Gasteiger charge is 2.75. The van der Waals surface area contributed by atoms with Crippen LogP contribution in [0.1, 0.15) is 47.5 Å². The van der Waals surface area contributed by atoms with Crippen LogP contribution in [0.4, 0.5) is 0 Å². The second kappa shape index (κ2) is 6.45. The molecule has 0 aromatic carbocycles. The Labute approximate surface area is 160 Å². The van der Waals surface area contributed by atoms with Crippen molar-refractivity contribution >= 4 is 11.8 Å². The van der Waals surface area contributed by atoms with Gasteiger partial charge in [-0.3, -0.25) is 9.59 Å². The number of carbonyl (C=O) groups excluding carboxylic acids is 2. The van der Waals surface area contributed by atoms with E-state index in [2.05, 4.69) is 6.58 Å². The average Bonchev–Trinajstić information content (AvgIpc) is 3.15. The predicted octanol–water partition coefficient (Wildman–Crippen LogP) is 3.16. The molecule has 3 heterocycles. The zero-order chi connectivity index (χ0) is 20.2. The lowest BCUT2D eigenvalue weighted by Crippen LogP contribution is -2.54. The average molecular weight is 378 g/mol. The van der Waals surface area contributed by atoms with Gasteiger partial charge in [-0.05, 0) is 13.8 Å². The fraction of sp³-hybridized carbons (Fsp3) is 0.714. The van der Waals surface area contributed by atoms with Crippen LogP contribution in [0.3, 0.4) is 0 Å². The molecule has 0 radical (unpaired) electrons. The molecule has 0 aromatic heterocycles. The van der Waals surface area contributed by atoms with E-state index in [-0.39, 0.29) is 23.6 Å². The Morgan fingerprint density at radius 2 is 2.00 bits per heavy atom. The van der Waals surface area contributed by atoms with Crippen LogP contribution in [-0.2, 0) is 28.5 Å². The summed E-state index contributed by atoms with van der Waals surface area (Å²) < 4.78 is 23.9. The van der Waals surface area contributed by atoms with Gasteiger partial charge in [-0.25, -0.2) is 0 Å². The molecular formula is C21H30O6. The molecule has 27 heavy (non-hydrogen) atoms. The molecule has 1 unspecified atom stereocenters. The molecule has 6 nitrogen and oxygen atoms in total. The van der Waals surface area contributed by atoms with Crippen molar-refractivity contribution in [2.45, 2.75) is 71.1 Å². The molecule has 6 heteroatoms. The van der Waals surface area contributed by atoms with Crippen molar-refractivity contribution in [1.29, 1.82) is 0 Å². The van der Waals surface area contributed by atoms with Crippen LogP contribution < -0.4 is 0 Å². The van der Waals surface area contributed by atoms with Gasteiger partial charge in [0, 0.05) is 37.9 Å². The van der Waals surface area contributed by atoms with E-state index in [0.29, 0.717) is 18.6 Å². The first-order chi connectivity index (χ1) is 12.6. The van der Waals surface area contributed by atoms with E-state index in [4.69, 9.17) is 18.9 Å². The maximum atomic E-state index is 12.9. The summed E-state index contributed by atoms with van der Waals surface area (Å²) in [5, 5.41) is 0. The molecule has 6 atom stereocenters. The summed E-state index contributed by atoms with van der Waals surface area (Å²) in [6, 6.07) is 0. The van der Waals surface area contributed by atoms with Crippen molar-refractivity contribution < 1.29 is 28.5 Å². The number of esters is 1. The van der Waals surface area contributed by atoms with Crippen LogP contribution in [0.15, 0.2) is 24.5 Å². The first-order valence-electron chi connectivity index (χ1n) is 9.60. The number of ether oxygens (including phenoxy) is 4. The van der Waals surface area contributed by atoms with Crippen LogP contribution in [-0.4, -0.2) is 42.5 Å². The second-order valence-electron chi connectivity index (χ2n) is 8.38. The first-order valence-corrected chi connectivity index (χ1v) is 9.60. The van der Waals surface area contributed by atoms with Crippen molar-refractivity contribution in [2.75, 3.05) is 7.11 Å². The van der Waals surface area contributed by atoms with E-state index >= 15 is 0 Å². The number of rotatable bonds is 6. The van der Waals surface area contributed by atoms with Gasteiger partial charge in [-0.15, -0.1) is 0 Å². The third-order valence-corrected chi connectivity index (χ3v) is 6.54. The molecule has 3 aliphatic heterocycles. The minimum Gasteiger partial charge on any atom is -0.484 e. The highest BCUT2D eigenvalue weighted by Crippen LogP contribution is 2.61. The molecule has 0 saturated carbocycles. The normalized spacial score (nSPS) is 43.5. The largest absolute Gasteiger partial charge is 0.484 e. The third-order valence-electron chi connectivity index (χ3n) is 6.54. The number of cyclic esters (lactones) is 1. The number of ketones is 1. The van der Waals surface area contributed by atoms with Gasteiger partial charge in [-0.2, -0.15) is 0 Å². The van der Waals surface area contributed by atoms with E-state index in [0.717, 1.165) is 0 Å². The van der Waals surface area contributed by atoms with Crippen molar-refractivity contribution in [3.05, 3.63) is 24.5 Å². The Bertz CT molecular complexity index is 697. The van der Waals surface area contributed by atoms with Crippen LogP contribution in [0.25, 0.3) is 0 Å². The Morgan fingerprint density at radius 1 is 1.33 bits per heavy atom. The van der Waals surface area contributed by atoms with Crippen LogP contribution >= 0.6 is 0 Å². The second-order valence-corrected chi connectivity index (χ2v) is 8.38. The topological polar surface area (TPSA) is 71.1 Å². The Kier molecular flexibility index (Phi) is 4.80. The number of fused-ring (bicyclic) bond motifs is 1. The van der Waals surface area contributed by atoms with Crippen LogP contribution in [0, 0.1) is 17.3 Å². The summed E-state index contributed by atoms with van der Waals surface area (Å²) in [6.45, 7) is 13.3. The lowest BCUT2D eigenvalue weighted by Gasteiger charge is -2.41. The van der Waals surface area contributed by atoms with Crippen molar-refractivity contribution in [1.82, 2.24) is 0 Å². The first kappa shape index (κ1) is 20.1. The minimum atomic E-state index is -1.14. The summed E-state index contributed by atoms with van der Waals surface area (Å²) in [5.74, 6) is -1.33. The lowest BCUT2D eigenvalue weighted by atomic mass is 9.66. The van der Waals surface area contributed by atoms with Crippen LogP contribution in [0.2, 0.25) is 0 Å². The molecule has 0 spiro atoms. The molecule has 2 fully saturated rings. The Morgan fingerprint density at radius 3 is 2.48 bits per heavy atom. The summed E-state index contributed by atoms with van der Waals surface area (Å²) in [7, 11) is 1.55. The molecular weight excluding hydrogens is 348 g/mol. The maximum absolute atomic E-state index is 12.9. The maximum Gasteiger partial charge on any atom is 0.318 e. The highest BCUT2D eigenvalue weighted by molar-refractivity contribution is 5.99. The number of hydrogen-bond donors (Lipinski definition) is 0. The summed E-state index contributed by atoms with van der Waals surface area (Å²) in [5.41, 5.74) is -2.02. The van der Waals surface area contributed by atoms with E-state index in [9.17, 15) is 9.59 Å². The molecule has 2 saturated heterocycles. The van der Waals surface area contributed by atoms with E-state index in [1.165, 1.54) is 0 Å². The summed E-state index contributed by atoms with van der Waals surface area (Å²) in [6.07, 6.45) is 3.20. The number of carbonyl (C=O) groups is 2. The molecule has 0 aliphatic carbocycles. The van der Waals surface area contributed by atoms with Gasteiger partial charge in [-0.1, -0.05) is 33.4 Å². The monoisotopic (exact) mass is 378 g/mol. The fourth-order valence-electron chi connectivity index (χ4n) is 5.13. The Balaban J connectivity index is 2.01.